The van der Waals surface area contributed by atoms with Gasteiger partial charge in [-0.05, 0) is 79.9 Å². The lowest BCUT2D eigenvalue weighted by atomic mass is 10.1. The van der Waals surface area contributed by atoms with Crippen molar-refractivity contribution in [2.45, 2.75) is 27.3 Å². The average Bonchev–Trinajstić information content (AvgIpc) is 2.73. The van der Waals surface area contributed by atoms with Gasteiger partial charge in [0.25, 0.3) is 5.91 Å². The SMILES string of the molecule is CCOc1cc(CNc2ccc(Br)cc2C)cc(Cl)c1OCC(=O)Nc1cccc(C)c1. The Balaban J connectivity index is 1.68. The van der Waals surface area contributed by atoms with Gasteiger partial charge in [-0.2, -0.15) is 0 Å². The number of amides is 1. The van der Waals surface area contributed by atoms with Crippen LogP contribution in [0.2, 0.25) is 5.02 Å². The Labute approximate surface area is 202 Å². The normalized spacial score (nSPS) is 10.5. The van der Waals surface area contributed by atoms with E-state index in [1.165, 1.54) is 0 Å². The van der Waals surface area contributed by atoms with Crippen molar-refractivity contribution in [3.05, 3.63) is 80.8 Å². The first-order chi connectivity index (χ1) is 15.4. The summed E-state index contributed by atoms with van der Waals surface area (Å²) in [7, 11) is 0. The smallest absolute Gasteiger partial charge is 0.262 e. The van der Waals surface area contributed by atoms with Crippen molar-refractivity contribution in [1.82, 2.24) is 0 Å². The highest BCUT2D eigenvalue weighted by atomic mass is 79.9. The number of nitrogens with one attached hydrogen (secondary N) is 2. The van der Waals surface area contributed by atoms with Crippen molar-refractivity contribution in [2.24, 2.45) is 0 Å². The molecule has 1 amide bonds. The summed E-state index contributed by atoms with van der Waals surface area (Å²) in [4.78, 5) is 12.3. The molecule has 0 saturated heterocycles. The van der Waals surface area contributed by atoms with E-state index < -0.39 is 0 Å². The summed E-state index contributed by atoms with van der Waals surface area (Å²) < 4.78 is 12.5. The molecule has 0 radical (unpaired) electrons. The molecule has 7 heteroatoms. The number of carbonyl (C=O) groups excluding carboxylic acids is 1. The Morgan fingerprint density at radius 3 is 2.59 bits per heavy atom. The molecular weight excluding hydrogens is 492 g/mol. The van der Waals surface area contributed by atoms with Crippen LogP contribution in [0.15, 0.2) is 59.1 Å². The molecule has 0 atom stereocenters. The maximum Gasteiger partial charge on any atom is 0.262 e. The summed E-state index contributed by atoms with van der Waals surface area (Å²) in [6.07, 6.45) is 0. The number of benzene rings is 3. The second-order valence-electron chi connectivity index (χ2n) is 7.36. The molecule has 168 valence electrons. The molecule has 0 aromatic heterocycles. The Hall–Kier alpha value is -2.70. The molecule has 5 nitrogen and oxygen atoms in total. The predicted molar refractivity (Wildman–Crippen MR) is 134 cm³/mol. The molecule has 3 aromatic carbocycles. The van der Waals surface area contributed by atoms with Crippen molar-refractivity contribution in [3.8, 4) is 11.5 Å². The Morgan fingerprint density at radius 1 is 1.06 bits per heavy atom. The zero-order chi connectivity index (χ0) is 23.1. The molecule has 0 aliphatic rings. The first kappa shape index (κ1) is 24.0. The average molecular weight is 518 g/mol. The van der Waals surface area contributed by atoms with Gasteiger partial charge < -0.3 is 20.1 Å². The van der Waals surface area contributed by atoms with Crippen LogP contribution >= 0.6 is 27.5 Å². The number of hydrogen-bond donors (Lipinski definition) is 2. The number of ether oxygens (including phenoxy) is 2. The van der Waals surface area contributed by atoms with Gasteiger partial charge in [-0.1, -0.05) is 39.7 Å². The highest BCUT2D eigenvalue weighted by Gasteiger charge is 2.15. The van der Waals surface area contributed by atoms with Crippen molar-refractivity contribution < 1.29 is 14.3 Å². The van der Waals surface area contributed by atoms with Gasteiger partial charge in [0.1, 0.15) is 0 Å². The minimum atomic E-state index is -0.273. The van der Waals surface area contributed by atoms with Crippen LogP contribution in [0.4, 0.5) is 11.4 Å². The first-order valence-electron chi connectivity index (χ1n) is 10.3. The number of aryl methyl sites for hydroxylation is 2. The maximum absolute atomic E-state index is 12.3. The van der Waals surface area contributed by atoms with Crippen molar-refractivity contribution in [2.75, 3.05) is 23.8 Å². The first-order valence-corrected chi connectivity index (χ1v) is 11.5. The number of halogens is 2. The molecule has 0 saturated carbocycles. The van der Waals surface area contributed by atoms with Crippen LogP contribution < -0.4 is 20.1 Å². The quantitative estimate of drug-likeness (QED) is 0.330. The van der Waals surface area contributed by atoms with Crippen LogP contribution in [0.3, 0.4) is 0 Å². The van der Waals surface area contributed by atoms with Gasteiger partial charge in [0, 0.05) is 22.4 Å². The molecule has 0 unspecified atom stereocenters. The van der Waals surface area contributed by atoms with Crippen LogP contribution in [0, 0.1) is 13.8 Å². The van der Waals surface area contributed by atoms with Gasteiger partial charge in [0.15, 0.2) is 18.1 Å². The lowest BCUT2D eigenvalue weighted by Crippen LogP contribution is -2.20. The van der Waals surface area contributed by atoms with E-state index in [0.717, 1.165) is 32.5 Å². The van der Waals surface area contributed by atoms with E-state index >= 15 is 0 Å². The standard InChI is InChI=1S/C25H26BrClN2O3/c1-4-31-23-13-18(14-28-22-9-8-19(26)11-17(22)3)12-21(27)25(23)32-15-24(30)29-20-7-5-6-16(2)10-20/h5-13,28H,4,14-15H2,1-3H3,(H,29,30). The number of anilines is 2. The highest BCUT2D eigenvalue weighted by molar-refractivity contribution is 9.10. The predicted octanol–water partition coefficient (Wildman–Crippen LogP) is 6.75. The second-order valence-corrected chi connectivity index (χ2v) is 8.68. The fourth-order valence-electron chi connectivity index (χ4n) is 3.21. The maximum atomic E-state index is 12.3. The van der Waals surface area contributed by atoms with Crippen LogP contribution in [0.25, 0.3) is 0 Å². The Kier molecular flexibility index (Phi) is 8.42. The van der Waals surface area contributed by atoms with Gasteiger partial charge in [-0.15, -0.1) is 0 Å². The molecular formula is C25H26BrClN2O3. The lowest BCUT2D eigenvalue weighted by Gasteiger charge is -2.16. The number of carbonyl (C=O) groups is 1. The molecule has 0 aliphatic carbocycles. The van der Waals surface area contributed by atoms with E-state index in [9.17, 15) is 4.79 Å². The van der Waals surface area contributed by atoms with Gasteiger partial charge >= 0.3 is 0 Å². The van der Waals surface area contributed by atoms with Gasteiger partial charge in [0.05, 0.1) is 11.6 Å². The van der Waals surface area contributed by atoms with Crippen molar-refractivity contribution in [3.63, 3.8) is 0 Å². The third kappa shape index (κ3) is 6.65. The van der Waals surface area contributed by atoms with Gasteiger partial charge in [0.2, 0.25) is 0 Å². The number of rotatable bonds is 9. The fraction of sp³-hybridized carbons (Fsp3) is 0.240. The van der Waals surface area contributed by atoms with Gasteiger partial charge in [-0.3, -0.25) is 4.79 Å². The summed E-state index contributed by atoms with van der Waals surface area (Å²) in [6, 6.07) is 17.3. The second kappa shape index (κ2) is 11.2. The molecule has 0 heterocycles. The molecule has 3 aromatic rings. The zero-order valence-corrected chi connectivity index (χ0v) is 20.6. The molecule has 0 bridgehead atoms. The van der Waals surface area contributed by atoms with Crippen LogP contribution in [-0.2, 0) is 11.3 Å². The van der Waals surface area contributed by atoms with Crippen molar-refractivity contribution in [1.29, 1.82) is 0 Å². The third-order valence-electron chi connectivity index (χ3n) is 4.69. The topological polar surface area (TPSA) is 59.6 Å². The summed E-state index contributed by atoms with van der Waals surface area (Å²) >= 11 is 9.98. The number of hydrogen-bond acceptors (Lipinski definition) is 4. The van der Waals surface area contributed by atoms with Crippen molar-refractivity contribution >= 4 is 44.8 Å². The lowest BCUT2D eigenvalue weighted by molar-refractivity contribution is -0.118. The third-order valence-corrected chi connectivity index (χ3v) is 5.46. The van der Waals surface area contributed by atoms with E-state index in [1.54, 1.807) is 0 Å². The van der Waals surface area contributed by atoms with Crippen LogP contribution in [0.1, 0.15) is 23.6 Å². The molecule has 0 spiro atoms. The van der Waals surface area contributed by atoms with E-state index in [4.69, 9.17) is 21.1 Å². The monoisotopic (exact) mass is 516 g/mol. The molecule has 3 rings (SSSR count). The summed E-state index contributed by atoms with van der Waals surface area (Å²) in [6.45, 7) is 6.74. The van der Waals surface area contributed by atoms with Gasteiger partial charge in [-0.25, -0.2) is 0 Å². The van der Waals surface area contributed by atoms with E-state index in [0.29, 0.717) is 29.7 Å². The molecule has 32 heavy (non-hydrogen) atoms. The van der Waals surface area contributed by atoms with E-state index in [2.05, 4.69) is 32.6 Å². The highest BCUT2D eigenvalue weighted by Crippen LogP contribution is 2.37. The molecule has 0 fully saturated rings. The Morgan fingerprint density at radius 2 is 1.88 bits per heavy atom. The summed E-state index contributed by atoms with van der Waals surface area (Å²) in [5.74, 6) is 0.592. The summed E-state index contributed by atoms with van der Waals surface area (Å²) in [5, 5.41) is 6.63. The molecule has 0 aliphatic heterocycles. The molecule has 2 N–H and O–H groups in total. The largest absolute Gasteiger partial charge is 0.490 e. The Bertz CT molecular complexity index is 1100. The minimum absolute atomic E-state index is 0.177. The minimum Gasteiger partial charge on any atom is -0.490 e. The summed E-state index contributed by atoms with van der Waals surface area (Å²) in [5.41, 5.74) is 4.90. The van der Waals surface area contributed by atoms with E-state index in [1.807, 2.05) is 69.3 Å². The van der Waals surface area contributed by atoms with E-state index in [-0.39, 0.29) is 12.5 Å². The van der Waals surface area contributed by atoms with Crippen LogP contribution in [0.5, 0.6) is 11.5 Å². The zero-order valence-electron chi connectivity index (χ0n) is 18.3. The fourth-order valence-corrected chi connectivity index (χ4v) is 3.97. The van der Waals surface area contributed by atoms with Crippen LogP contribution in [-0.4, -0.2) is 19.1 Å².